The van der Waals surface area contributed by atoms with Crippen molar-refractivity contribution in [3.05, 3.63) is 24.3 Å². The van der Waals surface area contributed by atoms with Crippen LogP contribution in [-0.2, 0) is 4.79 Å². The van der Waals surface area contributed by atoms with Gasteiger partial charge in [0.15, 0.2) is 0 Å². The molecule has 0 bridgehead atoms. The molecule has 1 N–H and O–H groups in total. The highest BCUT2D eigenvalue weighted by atomic mass is 32.2. The van der Waals surface area contributed by atoms with Crippen molar-refractivity contribution in [3.8, 4) is 0 Å². The summed E-state index contributed by atoms with van der Waals surface area (Å²) < 4.78 is 0. The molecule has 1 aromatic rings. The molecule has 96 valence electrons. The first-order chi connectivity index (χ1) is 8.84. The second kappa shape index (κ2) is 5.33. The van der Waals surface area contributed by atoms with Gasteiger partial charge in [-0.05, 0) is 44.0 Å². The molecule has 0 saturated carbocycles. The summed E-state index contributed by atoms with van der Waals surface area (Å²) in [5.41, 5.74) is 1.10. The molecule has 2 aliphatic rings. The fraction of sp³-hybridized carbons (Fsp3) is 0.500. The number of hydrogen-bond donors (Lipinski definition) is 1. The van der Waals surface area contributed by atoms with Gasteiger partial charge in [-0.1, -0.05) is 12.1 Å². The van der Waals surface area contributed by atoms with Gasteiger partial charge >= 0.3 is 0 Å². The van der Waals surface area contributed by atoms with Crippen LogP contribution in [0.1, 0.15) is 12.8 Å². The summed E-state index contributed by atoms with van der Waals surface area (Å²) >= 11 is 1.66. The van der Waals surface area contributed by atoms with Crippen LogP contribution >= 0.6 is 11.8 Å². The zero-order valence-electron chi connectivity index (χ0n) is 10.4. The maximum absolute atomic E-state index is 12.1. The summed E-state index contributed by atoms with van der Waals surface area (Å²) in [4.78, 5) is 15.3. The number of amides is 1. The summed E-state index contributed by atoms with van der Waals surface area (Å²) in [7, 11) is 0. The van der Waals surface area contributed by atoms with Crippen molar-refractivity contribution in [2.75, 3.05) is 30.3 Å². The molecule has 0 aliphatic carbocycles. The Morgan fingerprint density at radius 1 is 1.39 bits per heavy atom. The molecule has 1 unspecified atom stereocenters. The van der Waals surface area contributed by atoms with Gasteiger partial charge in [0.05, 0.1) is 11.4 Å². The number of fused-ring (bicyclic) bond motifs is 1. The lowest BCUT2D eigenvalue weighted by atomic mass is 9.98. The van der Waals surface area contributed by atoms with Gasteiger partial charge in [-0.2, -0.15) is 0 Å². The van der Waals surface area contributed by atoms with E-state index < -0.39 is 0 Å². The number of anilines is 1. The van der Waals surface area contributed by atoms with Gasteiger partial charge in [0.1, 0.15) is 0 Å². The normalized spacial score (nSPS) is 23.9. The first-order valence-electron chi connectivity index (χ1n) is 6.57. The van der Waals surface area contributed by atoms with Crippen LogP contribution in [0.5, 0.6) is 0 Å². The van der Waals surface area contributed by atoms with E-state index in [9.17, 15) is 4.79 Å². The minimum absolute atomic E-state index is 0.254. The summed E-state index contributed by atoms with van der Waals surface area (Å²) in [6.07, 6.45) is 2.45. The van der Waals surface area contributed by atoms with Crippen molar-refractivity contribution < 1.29 is 4.79 Å². The van der Waals surface area contributed by atoms with E-state index in [0.717, 1.165) is 25.3 Å². The molecule has 4 heteroatoms. The van der Waals surface area contributed by atoms with Crippen LogP contribution in [0.25, 0.3) is 0 Å². The lowest BCUT2D eigenvalue weighted by Crippen LogP contribution is -2.43. The van der Waals surface area contributed by atoms with E-state index in [1.54, 1.807) is 11.8 Å². The predicted octanol–water partition coefficient (Wildman–Crippen LogP) is 2.12. The highest BCUT2D eigenvalue weighted by Crippen LogP contribution is 2.35. The van der Waals surface area contributed by atoms with Crippen LogP contribution < -0.4 is 10.2 Å². The first-order valence-corrected chi connectivity index (χ1v) is 7.56. The number of nitrogens with one attached hydrogen (secondary N) is 1. The van der Waals surface area contributed by atoms with Crippen molar-refractivity contribution >= 4 is 23.4 Å². The molecular weight excluding hydrogens is 244 g/mol. The smallest absolute Gasteiger partial charge is 0.237 e. The van der Waals surface area contributed by atoms with Gasteiger partial charge in [-0.3, -0.25) is 4.79 Å². The molecule has 2 aliphatic heterocycles. The second-order valence-electron chi connectivity index (χ2n) is 4.97. The lowest BCUT2D eigenvalue weighted by Gasteiger charge is -2.33. The van der Waals surface area contributed by atoms with E-state index in [1.165, 1.54) is 17.7 Å². The summed E-state index contributed by atoms with van der Waals surface area (Å²) in [6, 6.07) is 8.24. The van der Waals surface area contributed by atoms with E-state index in [-0.39, 0.29) is 5.91 Å². The Morgan fingerprint density at radius 2 is 2.28 bits per heavy atom. The molecule has 1 fully saturated rings. The maximum Gasteiger partial charge on any atom is 0.237 e. The minimum atomic E-state index is 0.254. The second-order valence-corrected chi connectivity index (χ2v) is 5.99. The van der Waals surface area contributed by atoms with Crippen molar-refractivity contribution in [1.29, 1.82) is 0 Å². The molecule has 1 atom stereocenters. The SMILES string of the molecule is O=C1CSc2ccccc2N1CC1CCCNC1. The Balaban J connectivity index is 1.79. The molecule has 2 heterocycles. The van der Waals surface area contributed by atoms with Crippen molar-refractivity contribution in [2.24, 2.45) is 5.92 Å². The lowest BCUT2D eigenvalue weighted by molar-refractivity contribution is -0.116. The van der Waals surface area contributed by atoms with Crippen LogP contribution in [0, 0.1) is 5.92 Å². The molecule has 3 rings (SSSR count). The van der Waals surface area contributed by atoms with Crippen LogP contribution in [0.4, 0.5) is 5.69 Å². The topological polar surface area (TPSA) is 32.3 Å². The molecule has 1 amide bonds. The number of piperidine rings is 1. The van der Waals surface area contributed by atoms with E-state index in [4.69, 9.17) is 0 Å². The third kappa shape index (κ3) is 2.40. The monoisotopic (exact) mass is 262 g/mol. The summed E-state index contributed by atoms with van der Waals surface area (Å²) in [5, 5.41) is 3.42. The molecule has 18 heavy (non-hydrogen) atoms. The van der Waals surface area contributed by atoms with E-state index in [0.29, 0.717) is 11.7 Å². The van der Waals surface area contributed by atoms with Gasteiger partial charge < -0.3 is 10.2 Å². The number of hydrogen-bond acceptors (Lipinski definition) is 3. The Kier molecular flexibility index (Phi) is 3.57. The van der Waals surface area contributed by atoms with Crippen molar-refractivity contribution in [1.82, 2.24) is 5.32 Å². The fourth-order valence-corrected chi connectivity index (χ4v) is 3.63. The Bertz CT molecular complexity index is 443. The van der Waals surface area contributed by atoms with Crippen LogP contribution in [-0.4, -0.2) is 31.3 Å². The number of thioether (sulfide) groups is 1. The number of benzene rings is 1. The average Bonchev–Trinajstić information content (AvgIpc) is 2.43. The summed E-state index contributed by atoms with van der Waals surface area (Å²) in [6.45, 7) is 3.03. The molecular formula is C14H18N2OS. The van der Waals surface area contributed by atoms with E-state index in [1.807, 2.05) is 17.0 Å². The highest BCUT2D eigenvalue weighted by Gasteiger charge is 2.27. The molecule has 1 saturated heterocycles. The van der Waals surface area contributed by atoms with Gasteiger partial charge in [0.25, 0.3) is 0 Å². The number of carbonyl (C=O) groups is 1. The molecule has 0 aromatic heterocycles. The quantitative estimate of drug-likeness (QED) is 0.886. The molecule has 0 spiro atoms. The number of rotatable bonds is 2. The van der Waals surface area contributed by atoms with Gasteiger partial charge in [0.2, 0.25) is 5.91 Å². The number of nitrogens with zero attached hydrogens (tertiary/aromatic N) is 1. The molecule has 1 aromatic carbocycles. The molecule has 0 radical (unpaired) electrons. The Labute approximate surface area is 112 Å². The molecule has 3 nitrogen and oxygen atoms in total. The third-order valence-electron chi connectivity index (χ3n) is 3.65. The highest BCUT2D eigenvalue weighted by molar-refractivity contribution is 8.00. The fourth-order valence-electron chi connectivity index (χ4n) is 2.69. The zero-order valence-corrected chi connectivity index (χ0v) is 11.2. The zero-order chi connectivity index (χ0) is 12.4. The van der Waals surface area contributed by atoms with Gasteiger partial charge in [-0.15, -0.1) is 11.8 Å². The maximum atomic E-state index is 12.1. The number of carbonyl (C=O) groups excluding carboxylic acids is 1. The Hall–Kier alpha value is -1.00. The van der Waals surface area contributed by atoms with Gasteiger partial charge in [0, 0.05) is 11.4 Å². The average molecular weight is 262 g/mol. The van der Waals surface area contributed by atoms with E-state index in [2.05, 4.69) is 17.4 Å². The Morgan fingerprint density at radius 3 is 3.11 bits per heavy atom. The van der Waals surface area contributed by atoms with Crippen molar-refractivity contribution in [3.63, 3.8) is 0 Å². The predicted molar refractivity (Wildman–Crippen MR) is 75.1 cm³/mol. The number of para-hydroxylation sites is 1. The van der Waals surface area contributed by atoms with Crippen LogP contribution in [0.2, 0.25) is 0 Å². The van der Waals surface area contributed by atoms with Crippen LogP contribution in [0.15, 0.2) is 29.2 Å². The van der Waals surface area contributed by atoms with Gasteiger partial charge in [-0.25, -0.2) is 0 Å². The first kappa shape index (κ1) is 12.1. The van der Waals surface area contributed by atoms with Crippen LogP contribution in [0.3, 0.4) is 0 Å². The summed E-state index contributed by atoms with van der Waals surface area (Å²) in [5.74, 6) is 1.43. The standard InChI is InChI=1S/C14H18N2OS/c17-14-10-18-13-6-2-1-5-12(13)16(14)9-11-4-3-7-15-8-11/h1-2,5-6,11,15H,3-4,7-10H2. The minimum Gasteiger partial charge on any atom is -0.316 e. The van der Waals surface area contributed by atoms with E-state index >= 15 is 0 Å². The third-order valence-corrected chi connectivity index (χ3v) is 4.70. The van der Waals surface area contributed by atoms with Crippen molar-refractivity contribution in [2.45, 2.75) is 17.7 Å². The largest absolute Gasteiger partial charge is 0.316 e.